The lowest BCUT2D eigenvalue weighted by molar-refractivity contribution is -0.292. The number of cyclic esters (lactones) is 1. The Hall–Kier alpha value is -4.29. The van der Waals surface area contributed by atoms with Crippen molar-refractivity contribution in [2.24, 2.45) is 33.8 Å². The number of oxime groups is 1. The van der Waals surface area contributed by atoms with E-state index in [1.165, 1.54) is 20.8 Å². The number of aromatic nitrogens is 3. The van der Waals surface area contributed by atoms with E-state index in [1.807, 2.05) is 32.8 Å². The highest BCUT2D eigenvalue weighted by molar-refractivity contribution is 6.00. The van der Waals surface area contributed by atoms with Crippen LogP contribution in [0.4, 0.5) is 0 Å². The number of aliphatic imine (C=N–C) groups is 1. The number of pyridine rings is 1. The van der Waals surface area contributed by atoms with Gasteiger partial charge in [-0.25, -0.2) is 14.7 Å². The van der Waals surface area contributed by atoms with Crippen LogP contribution in [0.3, 0.4) is 0 Å². The largest absolute Gasteiger partial charge is 0.459 e. The summed E-state index contributed by atoms with van der Waals surface area (Å²) in [4.78, 5) is 57.6. The Bertz CT molecular complexity index is 1800. The molecular formula is C41H60N6O11. The SMILES string of the molecule is CC[C@H]1OC(=O)[C@H](C)C(=O)[C@H](C)[C@@H](O[C@@H]2O[C@H](C)C[C@H](N(C)C)[C@H]2O)[C@@]2(C)C[C@@H](C)/C(=N\C(C)=O)[C@H](C)[C@@H](O/C(=N\OCc3ccc(-n4cccn4)nc3)O2)[C@]1(C)O. The molecule has 5 rings (SSSR count). The van der Waals surface area contributed by atoms with Gasteiger partial charge in [-0.05, 0) is 84.3 Å². The molecule has 3 fully saturated rings. The summed E-state index contributed by atoms with van der Waals surface area (Å²) in [6.07, 6.45) is -1.10. The summed E-state index contributed by atoms with van der Waals surface area (Å²) in [6, 6.07) is 5.01. The number of ketones is 1. The van der Waals surface area contributed by atoms with Crippen molar-refractivity contribution >= 4 is 29.5 Å². The second-order valence-electron chi connectivity index (χ2n) is 16.6. The molecule has 13 atom stereocenters. The maximum Gasteiger partial charge on any atom is 0.423 e. The molecule has 320 valence electrons. The molecule has 2 aromatic rings. The Labute approximate surface area is 340 Å². The molecule has 2 bridgehead atoms. The van der Waals surface area contributed by atoms with Crippen LogP contribution in [-0.4, -0.2) is 127 Å². The van der Waals surface area contributed by atoms with Gasteiger partial charge in [0.15, 0.2) is 17.9 Å². The van der Waals surface area contributed by atoms with Crippen molar-refractivity contribution in [3.8, 4) is 5.82 Å². The van der Waals surface area contributed by atoms with Crippen LogP contribution in [0.15, 0.2) is 46.9 Å². The van der Waals surface area contributed by atoms with Gasteiger partial charge in [0.05, 0.1) is 6.10 Å². The molecule has 5 heterocycles. The topological polar surface area (TPSA) is 206 Å². The Morgan fingerprint density at radius 1 is 1.10 bits per heavy atom. The minimum atomic E-state index is -1.96. The van der Waals surface area contributed by atoms with Gasteiger partial charge in [0, 0.05) is 54.7 Å². The predicted molar refractivity (Wildman–Crippen MR) is 210 cm³/mol. The molecule has 3 aliphatic rings. The Kier molecular flexibility index (Phi) is 14.2. The first kappa shape index (κ1) is 44.8. The number of hydrogen-bond acceptors (Lipinski definition) is 15. The normalized spacial score (nSPS) is 37.8. The zero-order valence-corrected chi connectivity index (χ0v) is 35.4. The zero-order chi connectivity index (χ0) is 42.7. The van der Waals surface area contributed by atoms with Gasteiger partial charge in [0.1, 0.15) is 48.1 Å². The van der Waals surface area contributed by atoms with Gasteiger partial charge in [-0.3, -0.25) is 14.4 Å². The summed E-state index contributed by atoms with van der Waals surface area (Å²) in [5.41, 5.74) is -2.52. The molecule has 0 saturated carbocycles. The maximum atomic E-state index is 14.4. The summed E-state index contributed by atoms with van der Waals surface area (Å²) >= 11 is 0. The van der Waals surface area contributed by atoms with Crippen LogP contribution in [0.25, 0.3) is 5.82 Å². The van der Waals surface area contributed by atoms with Crippen molar-refractivity contribution in [3.05, 3.63) is 42.4 Å². The number of ether oxygens (including phenoxy) is 5. The van der Waals surface area contributed by atoms with Gasteiger partial charge < -0.3 is 43.6 Å². The van der Waals surface area contributed by atoms with Crippen molar-refractivity contribution in [2.75, 3.05) is 14.1 Å². The Morgan fingerprint density at radius 2 is 1.83 bits per heavy atom. The fourth-order valence-corrected chi connectivity index (χ4v) is 8.52. The van der Waals surface area contributed by atoms with Crippen LogP contribution in [0.2, 0.25) is 0 Å². The molecule has 17 nitrogen and oxygen atoms in total. The van der Waals surface area contributed by atoms with E-state index in [2.05, 4.69) is 20.2 Å². The van der Waals surface area contributed by atoms with Crippen molar-refractivity contribution in [1.29, 1.82) is 0 Å². The number of carbonyl (C=O) groups excluding carboxylic acids is 3. The lowest BCUT2D eigenvalue weighted by atomic mass is 9.74. The highest BCUT2D eigenvalue weighted by Gasteiger charge is 2.55. The van der Waals surface area contributed by atoms with E-state index in [-0.39, 0.29) is 31.6 Å². The fraction of sp³-hybridized carbons (Fsp3) is 0.683. The van der Waals surface area contributed by atoms with Crippen LogP contribution in [0.1, 0.15) is 87.1 Å². The molecule has 1 amide bonds. The molecule has 3 aliphatic heterocycles. The number of carbonyl (C=O) groups is 3. The minimum absolute atomic E-state index is 0.0628. The molecule has 3 saturated heterocycles. The number of amides is 1. The van der Waals surface area contributed by atoms with Crippen LogP contribution in [0, 0.1) is 23.7 Å². The number of hydrogen-bond donors (Lipinski definition) is 2. The first-order valence-electron chi connectivity index (χ1n) is 20.0. The summed E-state index contributed by atoms with van der Waals surface area (Å²) in [5.74, 6) is -4.97. The van der Waals surface area contributed by atoms with Crippen molar-refractivity contribution in [2.45, 2.75) is 142 Å². The number of esters is 1. The smallest absolute Gasteiger partial charge is 0.423 e. The number of likely N-dealkylation sites (N-methyl/N-ethyl adjacent to an activating group) is 1. The summed E-state index contributed by atoms with van der Waals surface area (Å²) < 4.78 is 33.8. The third-order valence-corrected chi connectivity index (χ3v) is 11.6. The molecule has 0 spiro atoms. The van der Waals surface area contributed by atoms with Crippen LogP contribution in [-0.2, 0) is 49.5 Å². The first-order chi connectivity index (χ1) is 27.3. The highest BCUT2D eigenvalue weighted by atomic mass is 16.8. The fourth-order valence-electron chi connectivity index (χ4n) is 8.52. The molecule has 2 aromatic heterocycles. The molecule has 0 aliphatic carbocycles. The number of aliphatic hydroxyl groups is 2. The molecule has 0 unspecified atom stereocenters. The molecular weight excluding hydrogens is 752 g/mol. The molecule has 0 radical (unpaired) electrons. The molecule has 17 heteroatoms. The second-order valence-corrected chi connectivity index (χ2v) is 16.6. The van der Waals surface area contributed by atoms with Gasteiger partial charge in [0.25, 0.3) is 0 Å². The summed E-state index contributed by atoms with van der Waals surface area (Å²) in [7, 11) is 3.70. The first-order valence-corrected chi connectivity index (χ1v) is 20.0. The average molecular weight is 813 g/mol. The van der Waals surface area contributed by atoms with Crippen molar-refractivity contribution in [3.63, 3.8) is 0 Å². The second kappa shape index (κ2) is 18.3. The maximum absolute atomic E-state index is 14.4. The number of nitrogens with zero attached hydrogens (tertiary/aromatic N) is 6. The van der Waals surface area contributed by atoms with E-state index in [0.717, 1.165) is 0 Å². The van der Waals surface area contributed by atoms with E-state index < -0.39 is 89.3 Å². The van der Waals surface area contributed by atoms with Crippen molar-refractivity contribution in [1.82, 2.24) is 19.7 Å². The van der Waals surface area contributed by atoms with Gasteiger partial charge in [0.2, 0.25) is 5.91 Å². The molecule has 58 heavy (non-hydrogen) atoms. The third-order valence-electron chi connectivity index (χ3n) is 11.6. The summed E-state index contributed by atoms with van der Waals surface area (Å²) in [5, 5.41) is 32.6. The zero-order valence-electron chi connectivity index (χ0n) is 35.4. The number of aliphatic hydroxyl groups excluding tert-OH is 1. The van der Waals surface area contributed by atoms with E-state index in [4.69, 9.17) is 28.5 Å². The number of rotatable bonds is 8. The molecule has 2 N–H and O–H groups in total. The van der Waals surface area contributed by atoms with E-state index in [9.17, 15) is 24.6 Å². The van der Waals surface area contributed by atoms with Crippen LogP contribution < -0.4 is 0 Å². The monoisotopic (exact) mass is 812 g/mol. The lowest BCUT2D eigenvalue weighted by Gasteiger charge is -2.46. The molecule has 0 aromatic carbocycles. The number of Topliss-reactive ketones (excluding diaryl/α,β-unsaturated/α-hetero) is 1. The van der Waals surface area contributed by atoms with Crippen LogP contribution >= 0.6 is 0 Å². The van der Waals surface area contributed by atoms with Gasteiger partial charge in [-0.15, -0.1) is 0 Å². The van der Waals surface area contributed by atoms with E-state index in [0.29, 0.717) is 23.5 Å². The Morgan fingerprint density at radius 3 is 2.43 bits per heavy atom. The predicted octanol–water partition coefficient (Wildman–Crippen LogP) is 3.62. The van der Waals surface area contributed by atoms with E-state index in [1.54, 1.807) is 69.2 Å². The minimum Gasteiger partial charge on any atom is -0.459 e. The Balaban J connectivity index is 1.67. The quantitative estimate of drug-likeness (QED) is 0.222. The lowest BCUT2D eigenvalue weighted by Crippen LogP contribution is -2.59. The van der Waals surface area contributed by atoms with Gasteiger partial charge >= 0.3 is 12.1 Å². The standard InChI is InChI=1S/C41H60N6O11/c1-12-30-41(9,52)36-24(4)32(44-27(7)48)22(2)19-40(8,58-39(57-36)45-53-21-28-14-15-31(42-20-28)47-17-13-16-43-47)35(25(5)33(49)26(6)37(51)55-30)56-38-34(50)29(46(10)11)18-23(3)54-38/h13-17,20,22-26,29-30,34-36,38,50,52H,12,18-19,21H2,1-11H3/b44-32+,45-39+/t22-,23-,24+,25+,26-,29+,30-,34-,35-,36-,38+,40-,41-/m1/s1. The van der Waals surface area contributed by atoms with E-state index >= 15 is 0 Å². The van der Waals surface area contributed by atoms with Crippen molar-refractivity contribution < 1.29 is 53.1 Å². The van der Waals surface area contributed by atoms with Gasteiger partial charge in [-0.1, -0.05) is 33.8 Å². The summed E-state index contributed by atoms with van der Waals surface area (Å²) in [6.45, 7) is 14.7. The highest BCUT2D eigenvalue weighted by Crippen LogP contribution is 2.41. The van der Waals surface area contributed by atoms with Gasteiger partial charge in [-0.2, -0.15) is 5.10 Å². The third kappa shape index (κ3) is 9.76. The average Bonchev–Trinajstić information content (AvgIpc) is 3.72. The van der Waals surface area contributed by atoms with Crippen LogP contribution in [0.5, 0.6) is 0 Å². The number of fused-ring (bicyclic) bond motifs is 4.